The second-order valence-corrected chi connectivity index (χ2v) is 9.60. The number of aromatic nitrogens is 1. The van der Waals surface area contributed by atoms with Crippen LogP contribution in [0, 0.1) is 6.92 Å². The Labute approximate surface area is 233 Å². The topological polar surface area (TPSA) is 89.0 Å². The molecule has 1 unspecified atom stereocenters. The number of ether oxygens (including phenoxy) is 2. The van der Waals surface area contributed by atoms with Crippen molar-refractivity contribution in [2.75, 3.05) is 6.61 Å². The first-order chi connectivity index (χ1) is 19.5. The lowest BCUT2D eigenvalue weighted by Crippen LogP contribution is -2.29. The zero-order valence-corrected chi connectivity index (χ0v) is 22.4. The van der Waals surface area contributed by atoms with Gasteiger partial charge in [-0.2, -0.15) is 0 Å². The number of amides is 1. The van der Waals surface area contributed by atoms with Crippen LogP contribution in [0.1, 0.15) is 41.6 Å². The minimum atomic E-state index is -0.837. The molecular weight excluding hydrogens is 504 g/mol. The molecule has 0 aliphatic carbocycles. The van der Waals surface area contributed by atoms with Gasteiger partial charge in [0.25, 0.3) is 11.7 Å². The Balaban J connectivity index is 1.59. The molecule has 1 amide bonds. The molecule has 7 heteroatoms. The predicted molar refractivity (Wildman–Crippen MR) is 152 cm³/mol. The van der Waals surface area contributed by atoms with E-state index in [0.29, 0.717) is 35.0 Å². The zero-order chi connectivity index (χ0) is 28.1. The number of rotatable bonds is 9. The van der Waals surface area contributed by atoms with Gasteiger partial charge in [0, 0.05) is 24.5 Å². The van der Waals surface area contributed by atoms with E-state index in [4.69, 9.17) is 9.47 Å². The highest BCUT2D eigenvalue weighted by Gasteiger charge is 2.46. The number of benzene rings is 3. The van der Waals surface area contributed by atoms with Gasteiger partial charge in [0.1, 0.15) is 23.0 Å². The maximum atomic E-state index is 13.5. The van der Waals surface area contributed by atoms with Crippen molar-refractivity contribution in [3.63, 3.8) is 0 Å². The monoisotopic (exact) mass is 534 g/mol. The largest absolute Gasteiger partial charge is 0.507 e. The molecule has 1 aliphatic rings. The number of aryl methyl sites for hydroxylation is 1. The molecule has 0 spiro atoms. The summed E-state index contributed by atoms with van der Waals surface area (Å²) >= 11 is 0. The fraction of sp³-hybridized carbons (Fsp3) is 0.182. The Morgan fingerprint density at radius 2 is 1.75 bits per heavy atom. The number of pyridine rings is 1. The van der Waals surface area contributed by atoms with Crippen molar-refractivity contribution in [2.24, 2.45) is 0 Å². The minimum Gasteiger partial charge on any atom is -0.507 e. The number of ketones is 1. The number of hydrogen-bond donors (Lipinski definition) is 1. The second-order valence-electron chi connectivity index (χ2n) is 9.60. The molecule has 0 saturated carbocycles. The lowest BCUT2D eigenvalue weighted by atomic mass is 9.94. The van der Waals surface area contributed by atoms with Gasteiger partial charge in [0.15, 0.2) is 0 Å². The Kier molecular flexibility index (Phi) is 7.92. The minimum absolute atomic E-state index is 0.0207. The molecule has 0 bridgehead atoms. The van der Waals surface area contributed by atoms with E-state index >= 15 is 0 Å². The Bertz CT molecular complexity index is 1550. The Morgan fingerprint density at radius 1 is 0.950 bits per heavy atom. The van der Waals surface area contributed by atoms with Crippen LogP contribution in [0.4, 0.5) is 0 Å². The lowest BCUT2D eigenvalue weighted by molar-refractivity contribution is -0.140. The lowest BCUT2D eigenvalue weighted by Gasteiger charge is -2.25. The van der Waals surface area contributed by atoms with Crippen molar-refractivity contribution in [3.05, 3.63) is 125 Å². The number of aliphatic hydroxyl groups is 1. The van der Waals surface area contributed by atoms with E-state index in [1.807, 2.05) is 68.4 Å². The second kappa shape index (κ2) is 11.9. The van der Waals surface area contributed by atoms with Gasteiger partial charge >= 0.3 is 0 Å². The van der Waals surface area contributed by atoms with Crippen LogP contribution >= 0.6 is 0 Å². The van der Waals surface area contributed by atoms with Gasteiger partial charge in [-0.15, -0.1) is 0 Å². The van der Waals surface area contributed by atoms with E-state index in [1.54, 1.807) is 42.7 Å². The third kappa shape index (κ3) is 5.59. The number of carbonyl (C=O) groups is 2. The number of likely N-dealkylation sites (tertiary alicyclic amines) is 1. The molecule has 1 atom stereocenters. The van der Waals surface area contributed by atoms with Crippen molar-refractivity contribution < 1.29 is 24.2 Å². The van der Waals surface area contributed by atoms with E-state index in [1.165, 1.54) is 4.90 Å². The number of aliphatic hydroxyl groups excluding tert-OH is 1. The standard InChI is InChI=1S/C33H30N2O5/c1-3-17-39-28-15-14-25(18-22(28)2)31(36)29-30(35(33(38)32(29)37)21-23-9-8-16-34-20-23)24-10-7-13-27(19-24)40-26-11-5-4-6-12-26/h4-16,18-20,30,36H,3,17,21H2,1-2H3. The highest BCUT2D eigenvalue weighted by Crippen LogP contribution is 2.41. The summed E-state index contributed by atoms with van der Waals surface area (Å²) in [4.78, 5) is 32.5. The summed E-state index contributed by atoms with van der Waals surface area (Å²) in [6.07, 6.45) is 4.17. The molecule has 1 saturated heterocycles. The normalized spacial score (nSPS) is 16.2. The van der Waals surface area contributed by atoms with Crippen LogP contribution in [0.2, 0.25) is 0 Å². The van der Waals surface area contributed by atoms with Crippen molar-refractivity contribution in [1.82, 2.24) is 9.88 Å². The zero-order valence-electron chi connectivity index (χ0n) is 22.4. The number of nitrogens with zero attached hydrogens (tertiary/aromatic N) is 2. The summed E-state index contributed by atoms with van der Waals surface area (Å²) in [5.74, 6) is 0.234. The van der Waals surface area contributed by atoms with E-state index in [2.05, 4.69) is 4.98 Å². The van der Waals surface area contributed by atoms with Crippen LogP contribution < -0.4 is 9.47 Å². The number of hydrogen-bond acceptors (Lipinski definition) is 6. The molecule has 1 aliphatic heterocycles. The number of Topliss-reactive ketones (excluding diaryl/α,β-unsaturated/α-hetero) is 1. The van der Waals surface area contributed by atoms with Gasteiger partial charge in [0.2, 0.25) is 0 Å². The Hall–Kier alpha value is -4.91. The first-order valence-corrected chi connectivity index (χ1v) is 13.2. The highest BCUT2D eigenvalue weighted by molar-refractivity contribution is 6.46. The van der Waals surface area contributed by atoms with Crippen molar-refractivity contribution in [2.45, 2.75) is 32.9 Å². The summed E-state index contributed by atoms with van der Waals surface area (Å²) in [6.45, 7) is 4.63. The van der Waals surface area contributed by atoms with Gasteiger partial charge in [-0.1, -0.05) is 43.3 Å². The Morgan fingerprint density at radius 3 is 2.48 bits per heavy atom. The van der Waals surface area contributed by atoms with E-state index in [0.717, 1.165) is 17.5 Å². The quantitative estimate of drug-likeness (QED) is 0.148. The maximum Gasteiger partial charge on any atom is 0.295 e. The van der Waals surface area contributed by atoms with Crippen LogP contribution in [-0.2, 0) is 16.1 Å². The first-order valence-electron chi connectivity index (χ1n) is 13.2. The van der Waals surface area contributed by atoms with Gasteiger partial charge in [-0.25, -0.2) is 0 Å². The average Bonchev–Trinajstić information content (AvgIpc) is 3.22. The molecule has 202 valence electrons. The summed E-state index contributed by atoms with van der Waals surface area (Å²) < 4.78 is 11.8. The number of para-hydroxylation sites is 1. The highest BCUT2D eigenvalue weighted by atomic mass is 16.5. The molecule has 0 radical (unpaired) electrons. The first kappa shape index (κ1) is 26.7. The van der Waals surface area contributed by atoms with Crippen LogP contribution in [0.25, 0.3) is 5.76 Å². The van der Waals surface area contributed by atoms with Crippen LogP contribution in [-0.4, -0.2) is 33.3 Å². The fourth-order valence-corrected chi connectivity index (χ4v) is 4.78. The summed E-state index contributed by atoms with van der Waals surface area (Å²) in [5.41, 5.74) is 2.67. The summed E-state index contributed by atoms with van der Waals surface area (Å²) in [5, 5.41) is 11.5. The van der Waals surface area contributed by atoms with Crippen LogP contribution in [0.3, 0.4) is 0 Å². The predicted octanol–water partition coefficient (Wildman–Crippen LogP) is 6.59. The van der Waals surface area contributed by atoms with Crippen molar-refractivity contribution in [1.29, 1.82) is 0 Å². The molecule has 5 rings (SSSR count). The van der Waals surface area contributed by atoms with Crippen LogP contribution in [0.5, 0.6) is 17.2 Å². The van der Waals surface area contributed by atoms with Gasteiger partial charge in [0.05, 0.1) is 18.2 Å². The summed E-state index contributed by atoms with van der Waals surface area (Å²) in [6, 6.07) is 24.6. The SMILES string of the molecule is CCCOc1ccc(C(O)=C2C(=O)C(=O)N(Cc3cccnc3)C2c2cccc(Oc3ccccc3)c2)cc1C. The molecule has 1 fully saturated rings. The van der Waals surface area contributed by atoms with Gasteiger partial charge in [-0.3, -0.25) is 14.6 Å². The van der Waals surface area contributed by atoms with Crippen molar-refractivity contribution >= 4 is 17.4 Å². The molecule has 40 heavy (non-hydrogen) atoms. The van der Waals surface area contributed by atoms with Crippen molar-refractivity contribution in [3.8, 4) is 17.2 Å². The molecule has 1 aromatic heterocycles. The smallest absolute Gasteiger partial charge is 0.295 e. The molecule has 4 aromatic rings. The number of carbonyl (C=O) groups excluding carboxylic acids is 2. The summed E-state index contributed by atoms with van der Waals surface area (Å²) in [7, 11) is 0. The third-order valence-corrected chi connectivity index (χ3v) is 6.68. The molecule has 7 nitrogen and oxygen atoms in total. The van der Waals surface area contributed by atoms with Gasteiger partial charge < -0.3 is 19.5 Å². The third-order valence-electron chi connectivity index (χ3n) is 6.68. The molecule has 1 N–H and O–H groups in total. The molecule has 3 aromatic carbocycles. The van der Waals surface area contributed by atoms with E-state index in [9.17, 15) is 14.7 Å². The van der Waals surface area contributed by atoms with E-state index in [-0.39, 0.29) is 17.9 Å². The average molecular weight is 535 g/mol. The molecular formula is C33H30N2O5. The van der Waals surface area contributed by atoms with E-state index < -0.39 is 17.7 Å². The molecule has 2 heterocycles. The van der Waals surface area contributed by atoms with Crippen LogP contribution in [0.15, 0.2) is 103 Å². The maximum absolute atomic E-state index is 13.5. The van der Waals surface area contributed by atoms with Gasteiger partial charge in [-0.05, 0) is 78.6 Å². The fourth-order valence-electron chi connectivity index (χ4n) is 4.78.